The SMILES string of the molecule is CC(c1ccccc1)[C@@H]1CCCCCN1C(=O)S. The molecule has 1 aromatic carbocycles. The summed E-state index contributed by atoms with van der Waals surface area (Å²) < 4.78 is 0. The second kappa shape index (κ2) is 6.28. The maximum Gasteiger partial charge on any atom is 0.278 e. The summed E-state index contributed by atoms with van der Waals surface area (Å²) in [7, 11) is 0. The van der Waals surface area contributed by atoms with Gasteiger partial charge >= 0.3 is 0 Å². The molecular weight excluding hydrogens is 242 g/mol. The topological polar surface area (TPSA) is 20.3 Å². The zero-order valence-corrected chi connectivity index (χ0v) is 11.8. The maximum atomic E-state index is 11.7. The Balaban J connectivity index is 2.19. The van der Waals surface area contributed by atoms with E-state index in [1.807, 2.05) is 11.0 Å². The van der Waals surface area contributed by atoms with E-state index in [4.69, 9.17) is 0 Å². The van der Waals surface area contributed by atoms with Crippen molar-refractivity contribution in [1.29, 1.82) is 0 Å². The van der Waals surface area contributed by atoms with Crippen LogP contribution in [0.5, 0.6) is 0 Å². The van der Waals surface area contributed by atoms with Gasteiger partial charge in [0.05, 0.1) is 0 Å². The van der Waals surface area contributed by atoms with Crippen molar-refractivity contribution in [2.24, 2.45) is 0 Å². The van der Waals surface area contributed by atoms with Gasteiger partial charge in [-0.1, -0.05) is 62.7 Å². The van der Waals surface area contributed by atoms with Crippen molar-refractivity contribution in [3.63, 3.8) is 0 Å². The molecule has 0 aliphatic carbocycles. The lowest BCUT2D eigenvalue weighted by Crippen LogP contribution is -2.40. The lowest BCUT2D eigenvalue weighted by atomic mass is 9.90. The molecule has 0 bridgehead atoms. The van der Waals surface area contributed by atoms with E-state index in [1.54, 1.807) is 0 Å². The normalized spacial score (nSPS) is 22.3. The van der Waals surface area contributed by atoms with Crippen LogP contribution in [0, 0.1) is 0 Å². The molecular formula is C15H21NOS. The van der Waals surface area contributed by atoms with Crippen LogP contribution < -0.4 is 0 Å². The van der Waals surface area contributed by atoms with E-state index < -0.39 is 0 Å². The van der Waals surface area contributed by atoms with Crippen LogP contribution in [0.25, 0.3) is 0 Å². The number of hydrogen-bond donors (Lipinski definition) is 1. The summed E-state index contributed by atoms with van der Waals surface area (Å²) in [4.78, 5) is 13.6. The zero-order chi connectivity index (χ0) is 13.0. The molecule has 1 unspecified atom stereocenters. The summed E-state index contributed by atoms with van der Waals surface area (Å²) in [6.45, 7) is 3.07. The Morgan fingerprint density at radius 3 is 2.67 bits per heavy atom. The number of carbonyl (C=O) groups excluding carboxylic acids is 1. The van der Waals surface area contributed by atoms with Crippen molar-refractivity contribution in [2.45, 2.75) is 44.6 Å². The minimum Gasteiger partial charge on any atom is -0.330 e. The van der Waals surface area contributed by atoms with Gasteiger partial charge in [0.2, 0.25) is 0 Å². The lowest BCUT2D eigenvalue weighted by Gasteiger charge is -2.33. The van der Waals surface area contributed by atoms with Gasteiger partial charge in [-0.2, -0.15) is 0 Å². The van der Waals surface area contributed by atoms with E-state index in [9.17, 15) is 4.79 Å². The monoisotopic (exact) mass is 263 g/mol. The molecule has 0 aromatic heterocycles. The van der Waals surface area contributed by atoms with Crippen molar-refractivity contribution in [3.05, 3.63) is 35.9 Å². The van der Waals surface area contributed by atoms with Gasteiger partial charge in [0.1, 0.15) is 0 Å². The molecule has 2 atom stereocenters. The first-order valence-electron chi connectivity index (χ1n) is 6.74. The average molecular weight is 263 g/mol. The van der Waals surface area contributed by atoms with E-state index >= 15 is 0 Å². The Morgan fingerprint density at radius 2 is 2.00 bits per heavy atom. The second-order valence-electron chi connectivity index (χ2n) is 5.09. The number of thiol groups is 1. The molecule has 98 valence electrons. The average Bonchev–Trinajstić information content (AvgIpc) is 2.64. The van der Waals surface area contributed by atoms with Crippen molar-refractivity contribution in [3.8, 4) is 0 Å². The van der Waals surface area contributed by atoms with E-state index in [0.717, 1.165) is 19.4 Å². The second-order valence-corrected chi connectivity index (χ2v) is 5.47. The number of nitrogens with zero attached hydrogens (tertiary/aromatic N) is 1. The number of amides is 1. The molecule has 0 radical (unpaired) electrons. The molecule has 1 fully saturated rings. The Morgan fingerprint density at radius 1 is 1.28 bits per heavy atom. The molecule has 1 saturated heterocycles. The Bertz CT molecular complexity index is 393. The van der Waals surface area contributed by atoms with Crippen LogP contribution in [-0.4, -0.2) is 22.7 Å². The molecule has 2 rings (SSSR count). The fourth-order valence-electron chi connectivity index (χ4n) is 2.87. The van der Waals surface area contributed by atoms with E-state index in [1.165, 1.54) is 18.4 Å². The zero-order valence-electron chi connectivity index (χ0n) is 10.9. The first-order chi connectivity index (χ1) is 8.70. The molecule has 0 spiro atoms. The number of hydrogen-bond acceptors (Lipinski definition) is 1. The predicted molar refractivity (Wildman–Crippen MR) is 78.2 cm³/mol. The first-order valence-corrected chi connectivity index (χ1v) is 7.19. The molecule has 18 heavy (non-hydrogen) atoms. The lowest BCUT2D eigenvalue weighted by molar-refractivity contribution is 0.190. The summed E-state index contributed by atoms with van der Waals surface area (Å²) in [6.07, 6.45) is 4.61. The van der Waals surface area contributed by atoms with Gasteiger partial charge in [0.25, 0.3) is 5.24 Å². The molecule has 1 amide bonds. The van der Waals surface area contributed by atoms with Gasteiger partial charge in [-0.3, -0.25) is 4.79 Å². The highest BCUT2D eigenvalue weighted by atomic mass is 32.1. The van der Waals surface area contributed by atoms with Crippen LogP contribution in [0.3, 0.4) is 0 Å². The van der Waals surface area contributed by atoms with Crippen molar-refractivity contribution >= 4 is 17.9 Å². The van der Waals surface area contributed by atoms with E-state index in [2.05, 4.69) is 43.8 Å². The largest absolute Gasteiger partial charge is 0.330 e. The third kappa shape index (κ3) is 3.08. The summed E-state index contributed by atoms with van der Waals surface area (Å²) >= 11 is 4.04. The summed E-state index contributed by atoms with van der Waals surface area (Å²) in [5.74, 6) is 0.375. The summed E-state index contributed by atoms with van der Waals surface area (Å²) in [6, 6.07) is 10.8. The van der Waals surface area contributed by atoms with Gasteiger partial charge in [-0.25, -0.2) is 0 Å². The number of likely N-dealkylation sites (tertiary alicyclic amines) is 1. The summed E-state index contributed by atoms with van der Waals surface area (Å²) in [5, 5.41) is -0.0790. The van der Waals surface area contributed by atoms with E-state index in [-0.39, 0.29) is 5.24 Å². The standard InChI is InChI=1S/C15H21NOS/c1-12(13-8-4-2-5-9-13)14-10-6-3-7-11-16(14)15(17)18/h2,4-5,8-9,12,14H,3,6-7,10-11H2,1H3,(H,17,18)/t12?,14-/m0/s1. The van der Waals surface area contributed by atoms with E-state index in [0.29, 0.717) is 12.0 Å². The molecule has 0 N–H and O–H groups in total. The smallest absolute Gasteiger partial charge is 0.278 e. The highest BCUT2D eigenvalue weighted by Gasteiger charge is 2.28. The summed E-state index contributed by atoms with van der Waals surface area (Å²) in [5.41, 5.74) is 1.31. The van der Waals surface area contributed by atoms with Crippen LogP contribution in [-0.2, 0) is 0 Å². The van der Waals surface area contributed by atoms with Gasteiger partial charge in [0, 0.05) is 18.5 Å². The Hall–Kier alpha value is -0.960. The number of benzene rings is 1. The first kappa shape index (κ1) is 13.5. The molecule has 1 aliphatic rings. The molecule has 1 aromatic rings. The molecule has 1 heterocycles. The van der Waals surface area contributed by atoms with Crippen molar-refractivity contribution in [1.82, 2.24) is 4.90 Å². The fourth-order valence-corrected chi connectivity index (χ4v) is 3.12. The van der Waals surface area contributed by atoms with Gasteiger partial charge in [-0.15, -0.1) is 0 Å². The number of carbonyl (C=O) groups is 1. The highest BCUT2D eigenvalue weighted by Crippen LogP contribution is 2.30. The Kier molecular flexibility index (Phi) is 4.70. The third-order valence-electron chi connectivity index (χ3n) is 3.95. The molecule has 0 saturated carbocycles. The predicted octanol–water partition coefficient (Wildman–Crippen LogP) is 4.08. The molecule has 3 heteroatoms. The van der Waals surface area contributed by atoms with Gasteiger partial charge < -0.3 is 4.90 Å². The van der Waals surface area contributed by atoms with Crippen LogP contribution in [0.2, 0.25) is 0 Å². The van der Waals surface area contributed by atoms with Crippen LogP contribution in [0.15, 0.2) is 30.3 Å². The molecule has 2 nitrogen and oxygen atoms in total. The quantitative estimate of drug-likeness (QED) is 0.797. The molecule has 1 aliphatic heterocycles. The number of rotatable bonds is 2. The third-order valence-corrected chi connectivity index (χ3v) is 4.20. The van der Waals surface area contributed by atoms with Gasteiger partial charge in [0.15, 0.2) is 0 Å². The van der Waals surface area contributed by atoms with Crippen LogP contribution in [0.1, 0.15) is 44.1 Å². The minimum absolute atomic E-state index is 0.0790. The fraction of sp³-hybridized carbons (Fsp3) is 0.533. The minimum atomic E-state index is -0.0790. The van der Waals surface area contributed by atoms with Crippen LogP contribution >= 0.6 is 12.6 Å². The van der Waals surface area contributed by atoms with Crippen molar-refractivity contribution < 1.29 is 4.79 Å². The Labute approximate surface area is 115 Å². The maximum absolute atomic E-state index is 11.7. The van der Waals surface area contributed by atoms with Gasteiger partial charge in [-0.05, 0) is 18.4 Å². The highest BCUT2D eigenvalue weighted by molar-refractivity contribution is 7.96. The van der Waals surface area contributed by atoms with Crippen molar-refractivity contribution in [2.75, 3.05) is 6.54 Å². The van der Waals surface area contributed by atoms with Crippen LogP contribution in [0.4, 0.5) is 4.79 Å².